The van der Waals surface area contributed by atoms with E-state index < -0.39 is 24.0 Å². The molecule has 1 aliphatic carbocycles. The highest BCUT2D eigenvalue weighted by atomic mass is 19.3. The summed E-state index contributed by atoms with van der Waals surface area (Å²) >= 11 is 0. The highest BCUT2D eigenvalue weighted by molar-refractivity contribution is 5.93. The van der Waals surface area contributed by atoms with Crippen molar-refractivity contribution in [3.8, 4) is 0 Å². The quantitative estimate of drug-likeness (QED) is 0.883. The maximum absolute atomic E-state index is 14.2. The van der Waals surface area contributed by atoms with Crippen LogP contribution in [0, 0.1) is 0 Å². The molecule has 1 fully saturated rings. The molecule has 1 aromatic heterocycles. The van der Waals surface area contributed by atoms with Gasteiger partial charge in [-0.05, 0) is 18.9 Å². The third kappa shape index (κ3) is 3.35. The van der Waals surface area contributed by atoms with Crippen LogP contribution in [-0.2, 0) is 7.05 Å². The lowest BCUT2D eigenvalue weighted by Gasteiger charge is -2.38. The average molecular weight is 314 g/mol. The minimum absolute atomic E-state index is 0.0374. The third-order valence-electron chi connectivity index (χ3n) is 4.18. The van der Waals surface area contributed by atoms with Gasteiger partial charge in [0.1, 0.15) is 5.60 Å². The maximum Gasteiger partial charge on any atom is 0.293 e. The molecule has 2 N–H and O–H groups in total. The van der Waals surface area contributed by atoms with Crippen molar-refractivity contribution in [2.45, 2.75) is 43.6 Å². The fourth-order valence-electron chi connectivity index (χ4n) is 2.69. The van der Waals surface area contributed by atoms with Crippen LogP contribution in [0.4, 0.5) is 8.78 Å². The van der Waals surface area contributed by atoms with Gasteiger partial charge in [-0.1, -0.05) is 19.3 Å². The number of hydrogen-bond donors (Lipinski definition) is 2. The number of amides is 1. The average Bonchev–Trinajstić information content (AvgIpc) is 2.48. The summed E-state index contributed by atoms with van der Waals surface area (Å²) in [6, 6.07) is 2.48. The van der Waals surface area contributed by atoms with Crippen LogP contribution in [0.3, 0.4) is 0 Å². The van der Waals surface area contributed by atoms with Crippen LogP contribution in [0.15, 0.2) is 23.1 Å². The zero-order valence-electron chi connectivity index (χ0n) is 12.4. The van der Waals surface area contributed by atoms with Crippen LogP contribution < -0.4 is 10.9 Å². The first-order chi connectivity index (χ1) is 10.3. The normalized spacial score (nSPS) is 18.0. The number of aromatic nitrogens is 1. The Bertz CT molecular complexity index is 607. The summed E-state index contributed by atoms with van der Waals surface area (Å²) in [5.74, 6) is -4.08. The second-order valence-corrected chi connectivity index (χ2v) is 5.85. The van der Waals surface area contributed by atoms with Crippen molar-refractivity contribution in [3.63, 3.8) is 0 Å². The lowest BCUT2D eigenvalue weighted by molar-refractivity contribution is -0.191. The molecule has 22 heavy (non-hydrogen) atoms. The molecule has 122 valence electrons. The minimum atomic E-state index is -3.39. The highest BCUT2D eigenvalue weighted by Crippen LogP contribution is 2.40. The fourth-order valence-corrected chi connectivity index (χ4v) is 2.69. The minimum Gasteiger partial charge on any atom is -0.384 e. The van der Waals surface area contributed by atoms with Crippen LogP contribution in [0.5, 0.6) is 0 Å². The number of alkyl halides is 2. The van der Waals surface area contributed by atoms with E-state index >= 15 is 0 Å². The number of aliphatic hydroxyl groups is 1. The molecular formula is C15H20F2N2O3. The van der Waals surface area contributed by atoms with Crippen molar-refractivity contribution in [1.29, 1.82) is 0 Å². The molecule has 0 radical (unpaired) electrons. The molecule has 0 atom stereocenters. The molecule has 1 heterocycles. The Labute approximate surface area is 127 Å². The van der Waals surface area contributed by atoms with E-state index in [1.165, 1.54) is 29.9 Å². The van der Waals surface area contributed by atoms with Crippen molar-refractivity contribution < 1.29 is 18.7 Å². The standard InChI is InChI=1S/C15H20F2N2O3/c1-19-9-11(5-6-12(19)20)13(21)18-10-15(16,17)14(22)7-3-2-4-8-14/h5-6,9,22H,2-4,7-8,10H2,1H3,(H,18,21). The Morgan fingerprint density at radius 1 is 1.36 bits per heavy atom. The third-order valence-corrected chi connectivity index (χ3v) is 4.18. The van der Waals surface area contributed by atoms with Crippen LogP contribution in [-0.4, -0.2) is 33.6 Å². The molecule has 7 heteroatoms. The number of carbonyl (C=O) groups excluding carboxylic acids is 1. The van der Waals surface area contributed by atoms with E-state index in [0.29, 0.717) is 12.8 Å². The van der Waals surface area contributed by atoms with Gasteiger partial charge in [-0.15, -0.1) is 0 Å². The van der Waals surface area contributed by atoms with Crippen molar-refractivity contribution in [3.05, 3.63) is 34.2 Å². The first-order valence-corrected chi connectivity index (χ1v) is 7.30. The molecule has 1 saturated carbocycles. The Morgan fingerprint density at radius 2 is 2.00 bits per heavy atom. The molecule has 1 amide bonds. The lowest BCUT2D eigenvalue weighted by Crippen LogP contribution is -2.55. The summed E-state index contributed by atoms with van der Waals surface area (Å²) in [4.78, 5) is 23.1. The van der Waals surface area contributed by atoms with Gasteiger partial charge in [0.2, 0.25) is 5.56 Å². The molecule has 0 aromatic carbocycles. The molecule has 1 aromatic rings. The summed E-state index contributed by atoms with van der Waals surface area (Å²) in [5.41, 5.74) is -2.23. The largest absolute Gasteiger partial charge is 0.384 e. The molecule has 0 saturated heterocycles. The van der Waals surface area contributed by atoms with Crippen molar-refractivity contribution >= 4 is 5.91 Å². The van der Waals surface area contributed by atoms with Crippen LogP contribution >= 0.6 is 0 Å². The first kappa shape index (κ1) is 16.6. The van der Waals surface area contributed by atoms with Gasteiger partial charge in [0.15, 0.2) is 0 Å². The fraction of sp³-hybridized carbons (Fsp3) is 0.600. The molecule has 0 spiro atoms. The zero-order valence-corrected chi connectivity index (χ0v) is 12.4. The highest BCUT2D eigenvalue weighted by Gasteiger charge is 2.52. The zero-order chi connectivity index (χ0) is 16.4. The second-order valence-electron chi connectivity index (χ2n) is 5.85. The van der Waals surface area contributed by atoms with E-state index in [1.54, 1.807) is 0 Å². The van der Waals surface area contributed by atoms with E-state index in [4.69, 9.17) is 0 Å². The van der Waals surface area contributed by atoms with Crippen molar-refractivity contribution in [2.75, 3.05) is 6.54 Å². The Hall–Kier alpha value is -1.76. The summed E-state index contributed by atoms with van der Waals surface area (Å²) < 4.78 is 29.6. The molecule has 0 aliphatic heterocycles. The van der Waals surface area contributed by atoms with Gasteiger partial charge in [-0.2, -0.15) is 0 Å². The van der Waals surface area contributed by atoms with Gasteiger partial charge < -0.3 is 15.0 Å². The molecule has 2 rings (SSSR count). The van der Waals surface area contributed by atoms with Gasteiger partial charge in [0.25, 0.3) is 11.8 Å². The predicted molar refractivity (Wildman–Crippen MR) is 77.0 cm³/mol. The van der Waals surface area contributed by atoms with Gasteiger partial charge in [0.05, 0.1) is 12.1 Å². The number of aryl methyl sites for hydroxylation is 1. The molecule has 1 aliphatic rings. The number of hydrogen-bond acceptors (Lipinski definition) is 3. The van der Waals surface area contributed by atoms with E-state index in [-0.39, 0.29) is 24.0 Å². The summed E-state index contributed by atoms with van der Waals surface area (Å²) in [7, 11) is 1.47. The number of nitrogens with zero attached hydrogens (tertiary/aromatic N) is 1. The maximum atomic E-state index is 14.2. The number of halogens is 2. The SMILES string of the molecule is Cn1cc(C(=O)NCC(F)(F)C2(O)CCCCC2)ccc1=O. The molecule has 0 bridgehead atoms. The first-order valence-electron chi connectivity index (χ1n) is 7.30. The van der Waals surface area contributed by atoms with Gasteiger partial charge >= 0.3 is 0 Å². The smallest absolute Gasteiger partial charge is 0.293 e. The summed E-state index contributed by atoms with van der Waals surface area (Å²) in [5, 5.41) is 12.3. The topological polar surface area (TPSA) is 71.3 Å². The van der Waals surface area contributed by atoms with E-state index in [1.807, 2.05) is 0 Å². The summed E-state index contributed by atoms with van der Waals surface area (Å²) in [6.45, 7) is -0.925. The number of nitrogens with one attached hydrogen (secondary N) is 1. The van der Waals surface area contributed by atoms with Gasteiger partial charge in [0, 0.05) is 19.3 Å². The Balaban J connectivity index is 2.03. The molecular weight excluding hydrogens is 294 g/mol. The second kappa shape index (κ2) is 6.16. The predicted octanol–water partition coefficient (Wildman–Crippen LogP) is 1.45. The van der Waals surface area contributed by atoms with Crippen LogP contribution in [0.25, 0.3) is 0 Å². The van der Waals surface area contributed by atoms with Crippen LogP contribution in [0.1, 0.15) is 42.5 Å². The Morgan fingerprint density at radius 3 is 2.59 bits per heavy atom. The lowest BCUT2D eigenvalue weighted by atomic mass is 9.80. The number of carbonyl (C=O) groups is 1. The van der Waals surface area contributed by atoms with Crippen molar-refractivity contribution in [2.24, 2.45) is 7.05 Å². The van der Waals surface area contributed by atoms with E-state index in [2.05, 4.69) is 5.32 Å². The molecule has 5 nitrogen and oxygen atoms in total. The van der Waals surface area contributed by atoms with Gasteiger partial charge in [-0.3, -0.25) is 9.59 Å². The van der Waals surface area contributed by atoms with Crippen LogP contribution in [0.2, 0.25) is 0 Å². The number of rotatable bonds is 4. The monoisotopic (exact) mass is 314 g/mol. The Kier molecular flexibility index (Phi) is 4.65. The van der Waals surface area contributed by atoms with E-state index in [9.17, 15) is 23.5 Å². The summed E-state index contributed by atoms with van der Waals surface area (Å²) in [6.07, 6.45) is 3.31. The van der Waals surface area contributed by atoms with Crippen molar-refractivity contribution in [1.82, 2.24) is 9.88 Å². The number of pyridine rings is 1. The molecule has 0 unspecified atom stereocenters. The van der Waals surface area contributed by atoms with E-state index in [0.717, 1.165) is 6.42 Å². The van der Waals surface area contributed by atoms with Gasteiger partial charge in [-0.25, -0.2) is 8.78 Å².